The van der Waals surface area contributed by atoms with Crippen molar-refractivity contribution in [2.75, 3.05) is 6.54 Å². The number of aromatic nitrogens is 2. The fourth-order valence-corrected chi connectivity index (χ4v) is 2.14. The highest BCUT2D eigenvalue weighted by atomic mass is 16.6. The number of nitrogens with one attached hydrogen (secondary N) is 1. The summed E-state index contributed by atoms with van der Waals surface area (Å²) in [5.74, 6) is -2.23. The fourth-order valence-electron chi connectivity index (χ4n) is 2.14. The molecule has 0 spiro atoms. The van der Waals surface area contributed by atoms with Gasteiger partial charge >= 0.3 is 5.97 Å². The number of hydrogen-bond acceptors (Lipinski definition) is 6. The number of fused-ring (bicyclic) bond motifs is 1. The maximum absolute atomic E-state index is 12.5. The monoisotopic (exact) mass is 334 g/mol. The van der Waals surface area contributed by atoms with Gasteiger partial charge in [0.1, 0.15) is 6.54 Å². The van der Waals surface area contributed by atoms with Crippen LogP contribution in [-0.2, 0) is 4.79 Å². The van der Waals surface area contributed by atoms with Gasteiger partial charge in [0.2, 0.25) is 5.43 Å². The molecule has 1 aromatic heterocycles. The summed E-state index contributed by atoms with van der Waals surface area (Å²) in [6.07, 6.45) is 0. The topological polar surface area (TPSA) is 144 Å². The fraction of sp³-hybridized carbons (Fsp3) is 0.286. The van der Waals surface area contributed by atoms with Crippen LogP contribution in [0.4, 0.5) is 5.69 Å². The third-order valence-electron chi connectivity index (χ3n) is 3.21. The summed E-state index contributed by atoms with van der Waals surface area (Å²) in [4.78, 5) is 45.3. The number of aliphatic carboxylic acids is 1. The molecule has 2 rings (SSSR count). The molecule has 0 fully saturated rings. The lowest BCUT2D eigenvalue weighted by Crippen LogP contribution is -2.35. The van der Waals surface area contributed by atoms with E-state index < -0.39 is 34.5 Å². The van der Waals surface area contributed by atoms with Crippen LogP contribution in [0.1, 0.15) is 30.4 Å². The van der Waals surface area contributed by atoms with Crippen LogP contribution in [0.2, 0.25) is 0 Å². The molecule has 2 N–H and O–H groups in total. The van der Waals surface area contributed by atoms with Crippen LogP contribution >= 0.6 is 0 Å². The van der Waals surface area contributed by atoms with Gasteiger partial charge in [0.25, 0.3) is 11.6 Å². The minimum absolute atomic E-state index is 0.0339. The molecule has 126 valence electrons. The van der Waals surface area contributed by atoms with Crippen LogP contribution in [0, 0.1) is 10.1 Å². The number of carbonyl (C=O) groups excluding carboxylic acids is 1. The Morgan fingerprint density at radius 1 is 1.42 bits per heavy atom. The van der Waals surface area contributed by atoms with Crippen molar-refractivity contribution in [3.8, 4) is 0 Å². The number of hydrogen-bond donors (Lipinski definition) is 2. The van der Waals surface area contributed by atoms with E-state index >= 15 is 0 Å². The molecule has 1 aromatic carbocycles. The van der Waals surface area contributed by atoms with E-state index in [9.17, 15) is 24.5 Å². The van der Waals surface area contributed by atoms with Crippen molar-refractivity contribution in [1.82, 2.24) is 15.1 Å². The van der Waals surface area contributed by atoms with E-state index in [4.69, 9.17) is 5.11 Å². The second-order valence-corrected chi connectivity index (χ2v) is 5.25. The molecule has 0 unspecified atom stereocenters. The Bertz CT molecular complexity index is 902. The molecule has 0 aliphatic carbocycles. The molecule has 0 saturated carbocycles. The largest absolute Gasteiger partial charge is 0.480 e. The zero-order chi connectivity index (χ0) is 18.0. The number of carbonyl (C=O) groups is 2. The van der Waals surface area contributed by atoms with Crippen LogP contribution < -0.4 is 10.7 Å². The number of nitro groups is 1. The van der Waals surface area contributed by atoms with Gasteiger partial charge in [0.05, 0.1) is 15.8 Å². The second kappa shape index (κ2) is 6.44. The first-order chi connectivity index (χ1) is 11.2. The van der Waals surface area contributed by atoms with Gasteiger partial charge in [-0.15, -0.1) is 0 Å². The summed E-state index contributed by atoms with van der Waals surface area (Å²) < 4.78 is 1.39. The minimum atomic E-state index is -1.27. The summed E-state index contributed by atoms with van der Waals surface area (Å²) >= 11 is 0. The normalized spacial score (nSPS) is 10.8. The second-order valence-electron chi connectivity index (χ2n) is 5.25. The molecule has 1 amide bonds. The highest BCUT2D eigenvalue weighted by Crippen LogP contribution is 2.20. The molecule has 10 nitrogen and oxygen atoms in total. The summed E-state index contributed by atoms with van der Waals surface area (Å²) in [5.41, 5.74) is -1.26. The predicted octanol–water partition coefficient (Wildman–Crippen LogP) is 0.700. The molecule has 0 atom stereocenters. The van der Waals surface area contributed by atoms with Crippen LogP contribution in [0.3, 0.4) is 0 Å². The van der Waals surface area contributed by atoms with Crippen LogP contribution in [0.5, 0.6) is 0 Å². The van der Waals surface area contributed by atoms with Gasteiger partial charge < -0.3 is 10.4 Å². The van der Waals surface area contributed by atoms with Gasteiger partial charge in [-0.2, -0.15) is 5.10 Å². The van der Waals surface area contributed by atoms with E-state index in [0.29, 0.717) is 5.52 Å². The van der Waals surface area contributed by atoms with E-state index in [2.05, 4.69) is 10.4 Å². The number of non-ortho nitro benzene ring substituents is 1. The van der Waals surface area contributed by atoms with Crippen molar-refractivity contribution in [1.29, 1.82) is 0 Å². The third kappa shape index (κ3) is 3.21. The first-order valence-corrected chi connectivity index (χ1v) is 6.93. The van der Waals surface area contributed by atoms with Gasteiger partial charge in [-0.3, -0.25) is 29.2 Å². The average molecular weight is 334 g/mol. The third-order valence-corrected chi connectivity index (χ3v) is 3.21. The van der Waals surface area contributed by atoms with Gasteiger partial charge in [-0.1, -0.05) is 0 Å². The van der Waals surface area contributed by atoms with Crippen molar-refractivity contribution in [3.63, 3.8) is 0 Å². The lowest BCUT2D eigenvalue weighted by molar-refractivity contribution is -0.384. The molecule has 24 heavy (non-hydrogen) atoms. The Morgan fingerprint density at radius 2 is 2.08 bits per heavy atom. The SMILES string of the molecule is CC(C)n1nc(C(=O)NCC(=O)O)c(=O)c2cc([N+](=O)[O-])ccc21. The van der Waals surface area contributed by atoms with Crippen LogP contribution in [0.25, 0.3) is 10.9 Å². The molecule has 2 aromatic rings. The number of amides is 1. The zero-order valence-corrected chi connectivity index (χ0v) is 12.8. The molecule has 0 aliphatic rings. The summed E-state index contributed by atoms with van der Waals surface area (Å²) in [6.45, 7) is 2.85. The lowest BCUT2D eigenvalue weighted by atomic mass is 10.1. The van der Waals surface area contributed by atoms with Gasteiger partial charge in [0, 0.05) is 18.2 Å². The Labute approximate surface area is 134 Å². The number of rotatable bonds is 5. The van der Waals surface area contributed by atoms with E-state index in [1.807, 2.05) is 0 Å². The van der Waals surface area contributed by atoms with E-state index in [0.717, 1.165) is 6.07 Å². The van der Waals surface area contributed by atoms with Crippen LogP contribution in [-0.4, -0.2) is 38.2 Å². The summed E-state index contributed by atoms with van der Waals surface area (Å²) in [6, 6.07) is 3.47. The summed E-state index contributed by atoms with van der Waals surface area (Å²) in [7, 11) is 0. The van der Waals surface area contributed by atoms with Gasteiger partial charge in [-0.25, -0.2) is 0 Å². The number of benzene rings is 1. The quantitative estimate of drug-likeness (QED) is 0.604. The van der Waals surface area contributed by atoms with E-state index in [1.54, 1.807) is 13.8 Å². The van der Waals surface area contributed by atoms with Crippen molar-refractivity contribution in [2.45, 2.75) is 19.9 Å². The van der Waals surface area contributed by atoms with E-state index in [-0.39, 0.29) is 17.1 Å². The maximum atomic E-state index is 12.5. The van der Waals surface area contributed by atoms with Crippen molar-refractivity contribution in [2.24, 2.45) is 0 Å². The molecule has 1 heterocycles. The molecule has 0 bridgehead atoms. The highest BCUT2D eigenvalue weighted by Gasteiger charge is 2.20. The number of carboxylic acid groups (broad SMARTS) is 1. The molecule has 0 saturated heterocycles. The minimum Gasteiger partial charge on any atom is -0.480 e. The van der Waals surface area contributed by atoms with Crippen LogP contribution in [0.15, 0.2) is 23.0 Å². The maximum Gasteiger partial charge on any atom is 0.322 e. The Kier molecular flexibility index (Phi) is 4.58. The smallest absolute Gasteiger partial charge is 0.322 e. The van der Waals surface area contributed by atoms with Crippen molar-refractivity contribution < 1.29 is 19.6 Å². The van der Waals surface area contributed by atoms with Crippen molar-refractivity contribution in [3.05, 3.63) is 44.2 Å². The molecular weight excluding hydrogens is 320 g/mol. The number of nitro benzene ring substituents is 1. The van der Waals surface area contributed by atoms with Gasteiger partial charge in [0.15, 0.2) is 5.69 Å². The first-order valence-electron chi connectivity index (χ1n) is 6.93. The molecule has 10 heteroatoms. The molecule has 0 aliphatic heterocycles. The molecular formula is C14H14N4O6. The highest BCUT2D eigenvalue weighted by molar-refractivity contribution is 5.96. The molecule has 0 radical (unpaired) electrons. The Balaban J connectivity index is 2.70. The van der Waals surface area contributed by atoms with Gasteiger partial charge in [-0.05, 0) is 19.9 Å². The number of carboxylic acids is 1. The summed E-state index contributed by atoms with van der Waals surface area (Å²) in [5, 5.41) is 25.5. The Hall–Kier alpha value is -3.30. The lowest BCUT2D eigenvalue weighted by Gasteiger charge is -2.14. The zero-order valence-electron chi connectivity index (χ0n) is 12.8. The first kappa shape index (κ1) is 17.1. The van der Waals surface area contributed by atoms with E-state index in [1.165, 1.54) is 16.8 Å². The Morgan fingerprint density at radius 3 is 2.62 bits per heavy atom. The number of nitrogens with zero attached hydrogens (tertiary/aromatic N) is 3. The predicted molar refractivity (Wildman–Crippen MR) is 83.0 cm³/mol. The van der Waals surface area contributed by atoms with Crippen molar-refractivity contribution >= 4 is 28.5 Å². The average Bonchev–Trinajstić information content (AvgIpc) is 2.52. The standard InChI is InChI=1S/C14H14N4O6/c1-7(2)17-10-4-3-8(18(23)24)5-9(10)13(21)12(16-17)14(22)15-6-11(19)20/h3-5,7H,6H2,1-2H3,(H,15,22)(H,19,20).